The number of hydrogen-bond donors (Lipinski definition) is 0. The normalized spacial score (nSPS) is 14.6. The Morgan fingerprint density at radius 1 is 1.17 bits per heavy atom. The second kappa shape index (κ2) is 7.43. The van der Waals surface area contributed by atoms with Gasteiger partial charge in [-0.15, -0.1) is 11.3 Å². The van der Waals surface area contributed by atoms with Gasteiger partial charge >= 0.3 is 0 Å². The molecular formula is C16H18BrNO4S2. The van der Waals surface area contributed by atoms with Gasteiger partial charge in [0.1, 0.15) is 0 Å². The smallest absolute Gasteiger partial charge is 0.243 e. The summed E-state index contributed by atoms with van der Waals surface area (Å²) >= 11 is 4.94. The van der Waals surface area contributed by atoms with Gasteiger partial charge in [-0.2, -0.15) is 4.31 Å². The zero-order valence-corrected chi connectivity index (χ0v) is 16.4. The molecule has 1 aliphatic heterocycles. The van der Waals surface area contributed by atoms with Crippen molar-refractivity contribution in [2.24, 2.45) is 0 Å². The monoisotopic (exact) mass is 431 g/mol. The molecule has 130 valence electrons. The summed E-state index contributed by atoms with van der Waals surface area (Å²) in [6, 6.07) is 8.66. The average Bonchev–Trinajstić information content (AvgIpc) is 2.83. The van der Waals surface area contributed by atoms with E-state index in [-0.39, 0.29) is 4.90 Å². The third-order valence-electron chi connectivity index (χ3n) is 3.67. The van der Waals surface area contributed by atoms with Gasteiger partial charge in [0.2, 0.25) is 10.0 Å². The number of hydrogen-bond acceptors (Lipinski definition) is 5. The summed E-state index contributed by atoms with van der Waals surface area (Å²) in [6.07, 6.45) is 0.783. The lowest BCUT2D eigenvalue weighted by Crippen LogP contribution is -2.30. The molecule has 0 spiro atoms. The number of ether oxygens (including phenoxy) is 2. The third-order valence-corrected chi connectivity index (χ3v) is 7.20. The number of benzene rings is 1. The molecule has 1 aromatic heterocycles. The Morgan fingerprint density at radius 3 is 2.58 bits per heavy atom. The number of fused-ring (bicyclic) bond motifs is 1. The predicted octanol–water partition coefficient (Wildman–Crippen LogP) is 3.88. The van der Waals surface area contributed by atoms with Gasteiger partial charge in [-0.05, 0) is 40.2 Å². The Kier molecular flexibility index (Phi) is 5.49. The number of nitrogens with zero attached hydrogens (tertiary/aromatic N) is 1. The molecule has 0 N–H and O–H groups in total. The molecule has 0 radical (unpaired) electrons. The van der Waals surface area contributed by atoms with E-state index in [1.54, 1.807) is 18.2 Å². The van der Waals surface area contributed by atoms with Gasteiger partial charge in [0, 0.05) is 30.5 Å². The van der Waals surface area contributed by atoms with Crippen molar-refractivity contribution in [3.63, 3.8) is 0 Å². The van der Waals surface area contributed by atoms with Crippen molar-refractivity contribution < 1.29 is 17.9 Å². The highest BCUT2D eigenvalue weighted by Crippen LogP contribution is 2.33. The zero-order valence-electron chi connectivity index (χ0n) is 13.2. The molecule has 0 saturated heterocycles. The van der Waals surface area contributed by atoms with Crippen LogP contribution in [0.1, 0.15) is 18.2 Å². The molecule has 0 saturated carbocycles. The van der Waals surface area contributed by atoms with E-state index in [0.717, 1.165) is 15.1 Å². The Hall–Kier alpha value is -1.09. The van der Waals surface area contributed by atoms with Gasteiger partial charge in [-0.25, -0.2) is 8.42 Å². The van der Waals surface area contributed by atoms with E-state index in [1.165, 1.54) is 15.6 Å². The van der Waals surface area contributed by atoms with Crippen LogP contribution in [0.2, 0.25) is 0 Å². The van der Waals surface area contributed by atoms with Crippen LogP contribution < -0.4 is 9.47 Å². The maximum atomic E-state index is 13.0. The van der Waals surface area contributed by atoms with Crippen molar-refractivity contribution in [3.05, 3.63) is 39.0 Å². The molecule has 1 aromatic carbocycles. The molecule has 8 heteroatoms. The fourth-order valence-corrected chi connectivity index (χ4v) is 5.45. The topological polar surface area (TPSA) is 55.8 Å². The standard InChI is InChI=1S/C16H18BrNO4S2/c1-2-18(11-12-4-7-16(17)23-12)24(19,20)13-5-6-14-15(10-13)22-9-3-8-21-14/h4-7,10H,2-3,8-9,11H2,1H3. The van der Waals surface area contributed by atoms with Crippen LogP contribution in [0.3, 0.4) is 0 Å². The molecule has 0 amide bonds. The van der Waals surface area contributed by atoms with Crippen LogP contribution in [-0.4, -0.2) is 32.5 Å². The number of thiophene rings is 1. The van der Waals surface area contributed by atoms with Crippen LogP contribution in [0.15, 0.2) is 39.0 Å². The minimum absolute atomic E-state index is 0.226. The predicted molar refractivity (Wildman–Crippen MR) is 97.3 cm³/mol. The Bertz CT molecular complexity index is 819. The van der Waals surface area contributed by atoms with Gasteiger partial charge in [-0.3, -0.25) is 0 Å². The molecule has 0 aliphatic carbocycles. The number of sulfonamides is 1. The van der Waals surface area contributed by atoms with Crippen LogP contribution in [0.25, 0.3) is 0 Å². The second-order valence-electron chi connectivity index (χ2n) is 5.30. The van der Waals surface area contributed by atoms with E-state index < -0.39 is 10.0 Å². The minimum atomic E-state index is -3.60. The van der Waals surface area contributed by atoms with Crippen molar-refractivity contribution in [2.45, 2.75) is 24.8 Å². The lowest BCUT2D eigenvalue weighted by atomic mass is 10.3. The van der Waals surface area contributed by atoms with Crippen molar-refractivity contribution in [3.8, 4) is 11.5 Å². The molecule has 0 bridgehead atoms. The molecule has 1 aliphatic rings. The molecule has 5 nitrogen and oxygen atoms in total. The number of halogens is 1. The molecular weight excluding hydrogens is 414 g/mol. The fourth-order valence-electron chi connectivity index (χ4n) is 2.43. The summed E-state index contributed by atoms with van der Waals surface area (Å²) in [6.45, 7) is 3.68. The van der Waals surface area contributed by atoms with Crippen LogP contribution in [-0.2, 0) is 16.6 Å². The van der Waals surface area contributed by atoms with Crippen LogP contribution in [0.4, 0.5) is 0 Å². The van der Waals surface area contributed by atoms with Crippen molar-refractivity contribution in [2.75, 3.05) is 19.8 Å². The van der Waals surface area contributed by atoms with Crippen LogP contribution in [0.5, 0.6) is 11.5 Å². The Morgan fingerprint density at radius 2 is 1.92 bits per heavy atom. The lowest BCUT2D eigenvalue weighted by Gasteiger charge is -2.20. The van der Waals surface area contributed by atoms with Crippen LogP contribution in [0, 0.1) is 0 Å². The lowest BCUT2D eigenvalue weighted by molar-refractivity contribution is 0.296. The highest BCUT2D eigenvalue weighted by atomic mass is 79.9. The minimum Gasteiger partial charge on any atom is -0.490 e. The summed E-state index contributed by atoms with van der Waals surface area (Å²) in [4.78, 5) is 1.21. The fraction of sp³-hybridized carbons (Fsp3) is 0.375. The zero-order chi connectivity index (χ0) is 17.2. The first-order valence-corrected chi connectivity index (χ1v) is 10.7. The molecule has 0 atom stereocenters. The van der Waals surface area contributed by atoms with Gasteiger partial charge in [-0.1, -0.05) is 6.92 Å². The largest absolute Gasteiger partial charge is 0.490 e. The molecule has 2 aromatic rings. The SMILES string of the molecule is CCN(Cc1ccc(Br)s1)S(=O)(=O)c1ccc2c(c1)OCCCO2. The number of rotatable bonds is 5. The summed E-state index contributed by atoms with van der Waals surface area (Å²) in [5.41, 5.74) is 0. The third kappa shape index (κ3) is 3.77. The van der Waals surface area contributed by atoms with Gasteiger partial charge < -0.3 is 9.47 Å². The van der Waals surface area contributed by atoms with E-state index in [1.807, 2.05) is 19.1 Å². The molecule has 0 unspecified atom stereocenters. The van der Waals surface area contributed by atoms with Gasteiger partial charge in [0.15, 0.2) is 11.5 Å². The van der Waals surface area contributed by atoms with E-state index in [4.69, 9.17) is 9.47 Å². The average molecular weight is 432 g/mol. The first-order chi connectivity index (χ1) is 11.5. The molecule has 0 fully saturated rings. The molecule has 3 rings (SSSR count). The Balaban J connectivity index is 1.89. The van der Waals surface area contributed by atoms with E-state index in [9.17, 15) is 8.42 Å². The van der Waals surface area contributed by atoms with Gasteiger partial charge in [0.25, 0.3) is 0 Å². The molecule has 24 heavy (non-hydrogen) atoms. The van der Waals surface area contributed by atoms with Crippen molar-refractivity contribution >= 4 is 37.3 Å². The quantitative estimate of drug-likeness (QED) is 0.720. The van der Waals surface area contributed by atoms with Crippen molar-refractivity contribution in [1.29, 1.82) is 0 Å². The highest BCUT2D eigenvalue weighted by molar-refractivity contribution is 9.11. The van der Waals surface area contributed by atoms with E-state index in [0.29, 0.717) is 37.8 Å². The summed E-state index contributed by atoms with van der Waals surface area (Å²) in [5.74, 6) is 1.08. The van der Waals surface area contributed by atoms with E-state index in [2.05, 4.69) is 15.9 Å². The summed E-state index contributed by atoms with van der Waals surface area (Å²) < 4.78 is 39.6. The Labute approximate surface area is 154 Å². The first-order valence-electron chi connectivity index (χ1n) is 7.64. The summed E-state index contributed by atoms with van der Waals surface area (Å²) in [7, 11) is -3.60. The maximum Gasteiger partial charge on any atom is 0.243 e. The van der Waals surface area contributed by atoms with Crippen LogP contribution >= 0.6 is 27.3 Å². The summed E-state index contributed by atoms with van der Waals surface area (Å²) in [5, 5.41) is 0. The van der Waals surface area contributed by atoms with E-state index >= 15 is 0 Å². The first kappa shape index (κ1) is 17.7. The van der Waals surface area contributed by atoms with Crippen molar-refractivity contribution in [1.82, 2.24) is 4.31 Å². The van der Waals surface area contributed by atoms with Gasteiger partial charge in [0.05, 0.1) is 21.9 Å². The maximum absolute atomic E-state index is 13.0. The second-order valence-corrected chi connectivity index (χ2v) is 9.78. The molecule has 2 heterocycles. The highest BCUT2D eigenvalue weighted by Gasteiger charge is 2.25.